The third-order valence-electron chi connectivity index (χ3n) is 5.02. The number of hydrogen-bond acceptors (Lipinski definition) is 4. The number of likely N-dealkylation sites (tertiary alicyclic amines) is 1. The van der Waals surface area contributed by atoms with Crippen molar-refractivity contribution in [3.8, 4) is 0 Å². The van der Waals surface area contributed by atoms with E-state index in [1.807, 2.05) is 24.1 Å². The molecule has 0 spiro atoms. The number of amides is 1. The molecule has 2 N–H and O–H groups in total. The number of nitrogens with one attached hydrogen (secondary N) is 2. The van der Waals surface area contributed by atoms with Gasteiger partial charge >= 0.3 is 0 Å². The quantitative estimate of drug-likeness (QED) is 0.728. The molecule has 26 heavy (non-hydrogen) atoms. The molecule has 1 saturated heterocycles. The van der Waals surface area contributed by atoms with Crippen LogP contribution in [0.15, 0.2) is 29.2 Å². The molecule has 2 aliphatic rings. The molecule has 6 nitrogen and oxygen atoms in total. The highest BCUT2D eigenvalue weighted by Crippen LogP contribution is 2.22. The fourth-order valence-corrected chi connectivity index (χ4v) is 4.46. The molecule has 1 aromatic rings. The monoisotopic (exact) mass is 401 g/mol. The van der Waals surface area contributed by atoms with Gasteiger partial charge in [0.05, 0.1) is 4.90 Å². The van der Waals surface area contributed by atoms with Gasteiger partial charge in [-0.1, -0.05) is 12.1 Å². The van der Waals surface area contributed by atoms with Crippen LogP contribution in [0.3, 0.4) is 0 Å². The summed E-state index contributed by atoms with van der Waals surface area (Å²) in [6.07, 6.45) is 4.96. The van der Waals surface area contributed by atoms with E-state index in [1.54, 1.807) is 12.1 Å². The number of sulfonamides is 1. The van der Waals surface area contributed by atoms with Gasteiger partial charge < -0.3 is 10.2 Å². The molecule has 1 heterocycles. The van der Waals surface area contributed by atoms with Gasteiger partial charge in [0.15, 0.2) is 0 Å². The van der Waals surface area contributed by atoms with Gasteiger partial charge in [-0.3, -0.25) is 4.79 Å². The summed E-state index contributed by atoms with van der Waals surface area (Å²) in [6, 6.07) is 7.49. The molecule has 146 valence electrons. The SMILES string of the molecule is CNC1CCN(C(=O)CCc2ccc(S(=O)(=O)NC3CC3)cc2)CC1.Cl. The van der Waals surface area contributed by atoms with Crippen molar-refractivity contribution in [2.45, 2.75) is 55.5 Å². The maximum Gasteiger partial charge on any atom is 0.240 e. The number of nitrogens with zero attached hydrogens (tertiary/aromatic N) is 1. The summed E-state index contributed by atoms with van der Waals surface area (Å²) < 4.78 is 27.0. The van der Waals surface area contributed by atoms with Crippen LogP contribution in [0.25, 0.3) is 0 Å². The second-order valence-corrected chi connectivity index (χ2v) is 8.70. The molecule has 8 heteroatoms. The Balaban J connectivity index is 0.00000243. The number of halogens is 1. The number of aryl methyl sites for hydroxylation is 1. The minimum absolute atomic E-state index is 0. The summed E-state index contributed by atoms with van der Waals surface area (Å²) in [7, 11) is -1.44. The lowest BCUT2D eigenvalue weighted by Crippen LogP contribution is -2.44. The Hall–Kier alpha value is -1.15. The highest BCUT2D eigenvalue weighted by Gasteiger charge is 2.28. The van der Waals surface area contributed by atoms with E-state index in [0.717, 1.165) is 44.3 Å². The van der Waals surface area contributed by atoms with Gasteiger partial charge in [0.25, 0.3) is 0 Å². The normalized spacial score (nSPS) is 18.4. The Morgan fingerprint density at radius 2 is 1.69 bits per heavy atom. The van der Waals surface area contributed by atoms with Gasteiger partial charge in [0.2, 0.25) is 15.9 Å². The van der Waals surface area contributed by atoms with Gasteiger partial charge in [-0.15, -0.1) is 12.4 Å². The zero-order valence-electron chi connectivity index (χ0n) is 15.1. The second-order valence-electron chi connectivity index (χ2n) is 6.98. The molecule has 0 aromatic heterocycles. The molecule has 2 fully saturated rings. The molecule has 1 saturated carbocycles. The second kappa shape index (κ2) is 9.17. The van der Waals surface area contributed by atoms with Crippen molar-refractivity contribution in [3.63, 3.8) is 0 Å². The average molecular weight is 402 g/mol. The topological polar surface area (TPSA) is 78.5 Å². The lowest BCUT2D eigenvalue weighted by molar-refractivity contribution is -0.132. The summed E-state index contributed by atoms with van der Waals surface area (Å²) in [5.74, 6) is 0.182. The number of piperidine rings is 1. The summed E-state index contributed by atoms with van der Waals surface area (Å²) in [5, 5.41) is 3.26. The summed E-state index contributed by atoms with van der Waals surface area (Å²) >= 11 is 0. The fraction of sp³-hybridized carbons (Fsp3) is 0.611. The van der Waals surface area contributed by atoms with Crippen LogP contribution >= 0.6 is 12.4 Å². The van der Waals surface area contributed by atoms with E-state index in [0.29, 0.717) is 23.8 Å². The molecule has 1 aromatic carbocycles. The van der Waals surface area contributed by atoms with E-state index in [-0.39, 0.29) is 24.4 Å². The predicted molar refractivity (Wildman–Crippen MR) is 104 cm³/mol. The smallest absolute Gasteiger partial charge is 0.240 e. The first-order chi connectivity index (χ1) is 12.0. The zero-order valence-corrected chi connectivity index (χ0v) is 16.7. The van der Waals surface area contributed by atoms with Crippen molar-refractivity contribution in [1.29, 1.82) is 0 Å². The summed E-state index contributed by atoms with van der Waals surface area (Å²) in [6.45, 7) is 1.63. The lowest BCUT2D eigenvalue weighted by atomic mass is 10.0. The molecule has 3 rings (SSSR count). The van der Waals surface area contributed by atoms with Gasteiger partial charge in [0.1, 0.15) is 0 Å². The number of hydrogen-bond donors (Lipinski definition) is 2. The van der Waals surface area contributed by atoms with Crippen molar-refractivity contribution in [3.05, 3.63) is 29.8 Å². The standard InChI is InChI=1S/C18H27N3O3S.ClH/c1-19-15-10-12-21(13-11-15)18(22)9-4-14-2-7-17(8-3-14)25(23,24)20-16-5-6-16;/h2-3,7-8,15-16,19-20H,4-6,9-13H2,1H3;1H. The van der Waals surface area contributed by atoms with Crippen molar-refractivity contribution in [2.75, 3.05) is 20.1 Å². The molecule has 0 bridgehead atoms. The first-order valence-electron chi connectivity index (χ1n) is 9.04. The third kappa shape index (κ3) is 5.67. The Bertz CT molecular complexity index is 697. The van der Waals surface area contributed by atoms with Crippen LogP contribution in [0.4, 0.5) is 0 Å². The molecule has 1 amide bonds. The van der Waals surface area contributed by atoms with Gasteiger partial charge in [-0.05, 0) is 56.8 Å². The van der Waals surface area contributed by atoms with Crippen LogP contribution in [-0.2, 0) is 21.2 Å². The Kier molecular flexibility index (Phi) is 7.46. The molecule has 1 aliphatic carbocycles. The number of carbonyl (C=O) groups is 1. The Morgan fingerprint density at radius 3 is 2.23 bits per heavy atom. The molecule has 1 aliphatic heterocycles. The van der Waals surface area contributed by atoms with Crippen LogP contribution in [0.2, 0.25) is 0 Å². The molecular weight excluding hydrogens is 374 g/mol. The number of rotatable bonds is 7. The van der Waals surface area contributed by atoms with E-state index in [9.17, 15) is 13.2 Å². The molecule has 0 unspecified atom stereocenters. The van der Waals surface area contributed by atoms with E-state index in [2.05, 4.69) is 10.0 Å². The van der Waals surface area contributed by atoms with Crippen LogP contribution in [0, 0.1) is 0 Å². The van der Waals surface area contributed by atoms with E-state index in [1.165, 1.54) is 0 Å². The number of benzene rings is 1. The van der Waals surface area contributed by atoms with Crippen LogP contribution < -0.4 is 10.0 Å². The van der Waals surface area contributed by atoms with Gasteiger partial charge in [-0.25, -0.2) is 13.1 Å². The minimum atomic E-state index is -3.40. The first kappa shape index (κ1) is 21.2. The van der Waals surface area contributed by atoms with Gasteiger partial charge in [-0.2, -0.15) is 0 Å². The highest BCUT2D eigenvalue weighted by molar-refractivity contribution is 7.89. The van der Waals surface area contributed by atoms with Crippen LogP contribution in [-0.4, -0.2) is 51.4 Å². The summed E-state index contributed by atoms with van der Waals surface area (Å²) in [4.78, 5) is 14.6. The Morgan fingerprint density at radius 1 is 1.08 bits per heavy atom. The number of carbonyl (C=O) groups excluding carboxylic acids is 1. The van der Waals surface area contributed by atoms with Crippen molar-refractivity contribution >= 4 is 28.3 Å². The van der Waals surface area contributed by atoms with E-state index < -0.39 is 10.0 Å². The third-order valence-corrected chi connectivity index (χ3v) is 6.55. The van der Waals surface area contributed by atoms with Crippen molar-refractivity contribution in [2.24, 2.45) is 0 Å². The van der Waals surface area contributed by atoms with Crippen LogP contribution in [0.5, 0.6) is 0 Å². The maximum atomic E-state index is 12.3. The highest BCUT2D eigenvalue weighted by atomic mass is 35.5. The first-order valence-corrected chi connectivity index (χ1v) is 10.5. The van der Waals surface area contributed by atoms with Crippen molar-refractivity contribution < 1.29 is 13.2 Å². The average Bonchev–Trinajstić information content (AvgIpc) is 3.43. The summed E-state index contributed by atoms with van der Waals surface area (Å²) in [5.41, 5.74) is 0.990. The van der Waals surface area contributed by atoms with Crippen LogP contribution in [0.1, 0.15) is 37.7 Å². The minimum Gasteiger partial charge on any atom is -0.343 e. The fourth-order valence-electron chi connectivity index (χ4n) is 3.15. The molecule has 0 atom stereocenters. The molecular formula is C18H28ClN3O3S. The van der Waals surface area contributed by atoms with E-state index >= 15 is 0 Å². The zero-order chi connectivity index (χ0) is 17.9. The predicted octanol–water partition coefficient (Wildman–Crippen LogP) is 1.69. The van der Waals surface area contributed by atoms with Crippen molar-refractivity contribution in [1.82, 2.24) is 14.9 Å². The van der Waals surface area contributed by atoms with E-state index in [4.69, 9.17) is 0 Å². The van der Waals surface area contributed by atoms with Gasteiger partial charge in [0, 0.05) is 31.6 Å². The Labute approximate surface area is 162 Å². The maximum absolute atomic E-state index is 12.3. The lowest BCUT2D eigenvalue weighted by Gasteiger charge is -2.31. The molecule has 0 radical (unpaired) electrons. The largest absolute Gasteiger partial charge is 0.343 e.